The second-order valence-electron chi connectivity index (χ2n) is 3.70. The number of benzene rings is 1. The number of ether oxygens (including phenoxy) is 2. The van der Waals surface area contributed by atoms with Gasteiger partial charge in [-0.3, -0.25) is 9.59 Å². The van der Waals surface area contributed by atoms with Gasteiger partial charge in [0.1, 0.15) is 0 Å². The molecule has 0 aliphatic rings. The Hall–Kier alpha value is -1.49. The lowest BCUT2D eigenvalue weighted by molar-refractivity contribution is -0.140. The Kier molecular flexibility index (Phi) is 5.71. The summed E-state index contributed by atoms with van der Waals surface area (Å²) in [6.45, 7) is 0. The highest BCUT2D eigenvalue weighted by Gasteiger charge is 2.09. The van der Waals surface area contributed by atoms with Crippen LogP contribution in [0.5, 0.6) is 0 Å². The molecular formula is C13H16O4S. The predicted octanol–water partition coefficient (Wildman–Crippen LogP) is 1.84. The summed E-state index contributed by atoms with van der Waals surface area (Å²) < 4.78 is 9.26. The van der Waals surface area contributed by atoms with Crippen molar-refractivity contribution in [1.82, 2.24) is 0 Å². The van der Waals surface area contributed by atoms with Crippen LogP contribution in [0.2, 0.25) is 0 Å². The van der Waals surface area contributed by atoms with E-state index in [0.29, 0.717) is 0 Å². The summed E-state index contributed by atoms with van der Waals surface area (Å²) in [6.07, 6.45) is 2.36. The Bertz CT molecular complexity index is 406. The third-order valence-corrected chi connectivity index (χ3v) is 3.12. The van der Waals surface area contributed by atoms with Gasteiger partial charge < -0.3 is 9.47 Å². The number of esters is 2. The van der Waals surface area contributed by atoms with Crippen LogP contribution < -0.4 is 0 Å². The average molecular weight is 268 g/mol. The number of carbonyl (C=O) groups is 2. The molecule has 0 radical (unpaired) electrons. The minimum Gasteiger partial charge on any atom is -0.469 e. The maximum absolute atomic E-state index is 11.2. The van der Waals surface area contributed by atoms with Crippen molar-refractivity contribution in [1.29, 1.82) is 0 Å². The molecule has 0 spiro atoms. The largest absolute Gasteiger partial charge is 0.469 e. The summed E-state index contributed by atoms with van der Waals surface area (Å²) in [4.78, 5) is 23.5. The summed E-state index contributed by atoms with van der Waals surface area (Å²) in [7, 11) is 2.71. The van der Waals surface area contributed by atoms with Crippen molar-refractivity contribution in [3.8, 4) is 0 Å². The molecular weight excluding hydrogens is 252 g/mol. The molecule has 0 aliphatic carbocycles. The first kappa shape index (κ1) is 14.6. The van der Waals surface area contributed by atoms with E-state index in [9.17, 15) is 9.59 Å². The predicted molar refractivity (Wildman–Crippen MR) is 69.7 cm³/mol. The third-order valence-electron chi connectivity index (χ3n) is 2.41. The Morgan fingerprint density at radius 1 is 1.00 bits per heavy atom. The van der Waals surface area contributed by atoms with Crippen molar-refractivity contribution < 1.29 is 19.1 Å². The third kappa shape index (κ3) is 4.41. The number of methoxy groups -OCH3 is 2. The minimum absolute atomic E-state index is 0.207. The molecule has 0 atom stereocenters. The molecule has 0 heterocycles. The van der Waals surface area contributed by atoms with Gasteiger partial charge in [-0.15, -0.1) is 11.8 Å². The van der Waals surface area contributed by atoms with Gasteiger partial charge in [0.2, 0.25) is 0 Å². The molecule has 0 saturated heterocycles. The van der Waals surface area contributed by atoms with Gasteiger partial charge in [-0.05, 0) is 29.5 Å². The molecule has 0 amide bonds. The number of thioether (sulfide) groups is 1. The maximum Gasteiger partial charge on any atom is 0.309 e. The molecule has 1 aromatic rings. The van der Waals surface area contributed by atoms with Crippen LogP contribution in [-0.2, 0) is 31.9 Å². The molecule has 5 heteroatoms. The van der Waals surface area contributed by atoms with Crippen LogP contribution in [0.25, 0.3) is 0 Å². The average Bonchev–Trinajstić information content (AvgIpc) is 2.37. The van der Waals surface area contributed by atoms with Gasteiger partial charge in [0.15, 0.2) is 0 Å². The number of rotatable bonds is 5. The Morgan fingerprint density at radius 2 is 1.44 bits per heavy atom. The highest BCUT2D eigenvalue weighted by atomic mass is 32.2. The highest BCUT2D eigenvalue weighted by Crippen LogP contribution is 2.20. The highest BCUT2D eigenvalue weighted by molar-refractivity contribution is 7.98. The quantitative estimate of drug-likeness (QED) is 0.602. The van der Waals surface area contributed by atoms with E-state index in [2.05, 4.69) is 9.47 Å². The van der Waals surface area contributed by atoms with E-state index in [0.717, 1.165) is 16.0 Å². The van der Waals surface area contributed by atoms with Crippen molar-refractivity contribution in [2.24, 2.45) is 0 Å². The van der Waals surface area contributed by atoms with E-state index >= 15 is 0 Å². The van der Waals surface area contributed by atoms with Gasteiger partial charge in [0, 0.05) is 4.90 Å². The Balaban J connectivity index is 2.93. The molecule has 0 N–H and O–H groups in total. The van der Waals surface area contributed by atoms with Gasteiger partial charge in [0.05, 0.1) is 27.1 Å². The lowest BCUT2D eigenvalue weighted by Gasteiger charge is -2.07. The van der Waals surface area contributed by atoms with Gasteiger partial charge in [-0.1, -0.05) is 6.07 Å². The van der Waals surface area contributed by atoms with Crippen molar-refractivity contribution in [2.75, 3.05) is 20.5 Å². The monoisotopic (exact) mass is 268 g/mol. The van der Waals surface area contributed by atoms with Crippen molar-refractivity contribution in [3.63, 3.8) is 0 Å². The molecule has 4 nitrogen and oxygen atoms in total. The normalized spacial score (nSPS) is 9.94. The summed E-state index contributed by atoms with van der Waals surface area (Å²) in [5.41, 5.74) is 1.68. The second kappa shape index (κ2) is 7.06. The molecule has 0 fully saturated rings. The van der Waals surface area contributed by atoms with Crippen molar-refractivity contribution in [3.05, 3.63) is 29.3 Å². The van der Waals surface area contributed by atoms with Crippen LogP contribution in [0.15, 0.2) is 23.1 Å². The summed E-state index contributed by atoms with van der Waals surface area (Å²) >= 11 is 1.56. The van der Waals surface area contributed by atoms with Gasteiger partial charge in [0.25, 0.3) is 0 Å². The van der Waals surface area contributed by atoms with E-state index in [1.807, 2.05) is 24.5 Å². The fourth-order valence-electron chi connectivity index (χ4n) is 1.53. The maximum atomic E-state index is 11.2. The van der Waals surface area contributed by atoms with Crippen LogP contribution in [0.1, 0.15) is 11.1 Å². The van der Waals surface area contributed by atoms with Gasteiger partial charge in [-0.25, -0.2) is 0 Å². The van der Waals surface area contributed by atoms with E-state index in [1.54, 1.807) is 11.8 Å². The van der Waals surface area contributed by atoms with E-state index in [4.69, 9.17) is 0 Å². The zero-order valence-corrected chi connectivity index (χ0v) is 11.5. The first-order valence-corrected chi connectivity index (χ1v) is 6.62. The SMILES string of the molecule is COC(=O)Cc1cc(CC(=O)OC)cc(SC)c1. The molecule has 1 aromatic carbocycles. The molecule has 98 valence electrons. The Labute approximate surface area is 111 Å². The molecule has 0 saturated carbocycles. The summed E-state index contributed by atoms with van der Waals surface area (Å²) in [5, 5.41) is 0. The smallest absolute Gasteiger partial charge is 0.309 e. The molecule has 0 aliphatic heterocycles. The molecule has 0 bridgehead atoms. The van der Waals surface area contributed by atoms with Gasteiger partial charge >= 0.3 is 11.9 Å². The molecule has 0 unspecified atom stereocenters. The minimum atomic E-state index is -0.294. The second-order valence-corrected chi connectivity index (χ2v) is 4.57. The topological polar surface area (TPSA) is 52.6 Å². The zero-order valence-electron chi connectivity index (χ0n) is 10.7. The lowest BCUT2D eigenvalue weighted by Crippen LogP contribution is -2.07. The van der Waals surface area contributed by atoms with E-state index in [-0.39, 0.29) is 24.8 Å². The van der Waals surface area contributed by atoms with Crippen LogP contribution >= 0.6 is 11.8 Å². The van der Waals surface area contributed by atoms with Crippen LogP contribution in [0.4, 0.5) is 0 Å². The lowest BCUT2D eigenvalue weighted by atomic mass is 10.1. The number of hydrogen-bond acceptors (Lipinski definition) is 5. The first-order chi connectivity index (χ1) is 8.58. The molecule has 0 aromatic heterocycles. The standard InChI is InChI=1S/C13H16O4S/c1-16-12(14)7-9-4-10(8-13(15)17-2)6-11(5-9)18-3/h4-6H,7-8H2,1-3H3. The van der Waals surface area contributed by atoms with Gasteiger partial charge in [-0.2, -0.15) is 0 Å². The number of hydrogen-bond donors (Lipinski definition) is 0. The summed E-state index contributed by atoms with van der Waals surface area (Å²) in [5.74, 6) is -0.588. The van der Waals surface area contributed by atoms with Crippen LogP contribution in [0, 0.1) is 0 Å². The fourth-order valence-corrected chi connectivity index (χ4v) is 2.07. The van der Waals surface area contributed by atoms with Crippen LogP contribution in [-0.4, -0.2) is 32.4 Å². The van der Waals surface area contributed by atoms with E-state index in [1.165, 1.54) is 14.2 Å². The Morgan fingerprint density at radius 3 is 1.78 bits per heavy atom. The summed E-state index contributed by atoms with van der Waals surface area (Å²) in [6, 6.07) is 5.66. The number of carbonyl (C=O) groups excluding carboxylic acids is 2. The van der Waals surface area contributed by atoms with Crippen LogP contribution in [0.3, 0.4) is 0 Å². The fraction of sp³-hybridized carbons (Fsp3) is 0.385. The first-order valence-electron chi connectivity index (χ1n) is 5.39. The molecule has 18 heavy (non-hydrogen) atoms. The zero-order chi connectivity index (χ0) is 13.5. The van der Waals surface area contributed by atoms with E-state index < -0.39 is 0 Å². The molecule has 1 rings (SSSR count). The van der Waals surface area contributed by atoms with Crippen molar-refractivity contribution >= 4 is 23.7 Å². The van der Waals surface area contributed by atoms with Crippen molar-refractivity contribution in [2.45, 2.75) is 17.7 Å².